The summed E-state index contributed by atoms with van der Waals surface area (Å²) in [6.07, 6.45) is -2.89. The Bertz CT molecular complexity index is 1130. The molecule has 3 aromatic rings. The molecule has 31 heavy (non-hydrogen) atoms. The Hall–Kier alpha value is -3.26. The molecule has 160 valence electrons. The summed E-state index contributed by atoms with van der Waals surface area (Å²) >= 11 is 0. The summed E-state index contributed by atoms with van der Waals surface area (Å²) in [5, 5.41) is 6.59. The maximum absolute atomic E-state index is 13.2. The summed E-state index contributed by atoms with van der Waals surface area (Å²) < 4.78 is 46.0. The molecule has 0 radical (unpaired) electrons. The molecule has 0 fully saturated rings. The van der Waals surface area contributed by atoms with Crippen molar-refractivity contribution in [2.24, 2.45) is 0 Å². The van der Waals surface area contributed by atoms with Crippen LogP contribution in [0.25, 0.3) is 0 Å². The predicted molar refractivity (Wildman–Crippen MR) is 112 cm³/mol. The zero-order chi connectivity index (χ0) is 21.6. The standard InChI is InChI=1S/C23H21F3N4O/c24-22(25,26)20-6-3-7-21(28-20)30-23(18-10-8-14-4-1-2-5-17(14)18)29-19-11-9-16(27)12-15(19)13-31-23/h1-7,9,11-12,18,29H,8,10,13,27H2,(H,28,30)/t18?,23-/m1/s1. The highest BCUT2D eigenvalue weighted by molar-refractivity contribution is 5.62. The fourth-order valence-electron chi connectivity index (χ4n) is 4.46. The summed E-state index contributed by atoms with van der Waals surface area (Å²) in [6.45, 7) is 0.262. The number of rotatable bonds is 3. The molecule has 0 saturated heterocycles. The Morgan fingerprint density at radius 2 is 1.90 bits per heavy atom. The lowest BCUT2D eigenvalue weighted by Gasteiger charge is -2.44. The van der Waals surface area contributed by atoms with E-state index in [1.54, 1.807) is 6.07 Å². The Morgan fingerprint density at radius 1 is 1.06 bits per heavy atom. The van der Waals surface area contributed by atoms with Gasteiger partial charge in [0.2, 0.25) is 5.85 Å². The number of aromatic nitrogens is 1. The second kappa shape index (κ2) is 7.16. The van der Waals surface area contributed by atoms with Gasteiger partial charge in [0.25, 0.3) is 0 Å². The Labute approximate surface area is 177 Å². The first-order valence-electron chi connectivity index (χ1n) is 10.0. The van der Waals surface area contributed by atoms with E-state index in [1.807, 2.05) is 30.3 Å². The fourth-order valence-corrected chi connectivity index (χ4v) is 4.46. The summed E-state index contributed by atoms with van der Waals surface area (Å²) in [4.78, 5) is 3.80. The van der Waals surface area contributed by atoms with E-state index in [-0.39, 0.29) is 18.3 Å². The molecule has 1 aliphatic heterocycles. The van der Waals surface area contributed by atoms with Crippen LogP contribution in [0.3, 0.4) is 0 Å². The smallest absolute Gasteiger partial charge is 0.399 e. The molecule has 0 saturated carbocycles. The molecule has 2 aliphatic rings. The predicted octanol–water partition coefficient (Wildman–Crippen LogP) is 5.12. The van der Waals surface area contributed by atoms with E-state index >= 15 is 0 Å². The van der Waals surface area contributed by atoms with Crippen LogP contribution in [0.5, 0.6) is 0 Å². The number of alkyl halides is 3. The number of fused-ring (bicyclic) bond motifs is 2. The Morgan fingerprint density at radius 3 is 2.74 bits per heavy atom. The number of hydrogen-bond acceptors (Lipinski definition) is 5. The lowest BCUT2D eigenvalue weighted by Crippen LogP contribution is -2.55. The van der Waals surface area contributed by atoms with Gasteiger partial charge in [-0.2, -0.15) is 13.2 Å². The van der Waals surface area contributed by atoms with Crippen molar-refractivity contribution in [3.05, 3.63) is 83.0 Å². The molecule has 2 heterocycles. The number of nitrogens with two attached hydrogens (primary N) is 1. The maximum Gasteiger partial charge on any atom is 0.433 e. The van der Waals surface area contributed by atoms with Crippen molar-refractivity contribution in [2.75, 3.05) is 16.4 Å². The number of hydrogen-bond donors (Lipinski definition) is 3. The van der Waals surface area contributed by atoms with Crippen LogP contribution >= 0.6 is 0 Å². The van der Waals surface area contributed by atoms with Crippen LogP contribution in [0.4, 0.5) is 30.4 Å². The summed E-state index contributed by atoms with van der Waals surface area (Å²) in [6, 6.07) is 17.4. The number of pyridine rings is 1. The molecule has 1 aliphatic carbocycles. The molecule has 0 spiro atoms. The van der Waals surface area contributed by atoms with Crippen LogP contribution in [-0.2, 0) is 23.9 Å². The van der Waals surface area contributed by atoms with E-state index < -0.39 is 17.7 Å². The molecule has 1 unspecified atom stereocenters. The second-order valence-corrected chi connectivity index (χ2v) is 7.89. The number of anilines is 3. The minimum Gasteiger partial charge on any atom is -0.399 e. The number of nitrogen functional groups attached to an aromatic ring is 1. The van der Waals surface area contributed by atoms with Crippen LogP contribution in [0, 0.1) is 0 Å². The zero-order valence-corrected chi connectivity index (χ0v) is 16.5. The van der Waals surface area contributed by atoms with Gasteiger partial charge in [0.05, 0.1) is 12.5 Å². The first-order valence-corrected chi connectivity index (χ1v) is 10.0. The molecule has 2 aromatic carbocycles. The minimum atomic E-state index is -4.53. The van der Waals surface area contributed by atoms with E-state index in [9.17, 15) is 13.2 Å². The van der Waals surface area contributed by atoms with Gasteiger partial charge in [-0.1, -0.05) is 30.3 Å². The monoisotopic (exact) mass is 426 g/mol. The third-order valence-corrected chi connectivity index (χ3v) is 5.88. The number of aryl methyl sites for hydroxylation is 1. The molecule has 5 rings (SSSR count). The van der Waals surface area contributed by atoms with Gasteiger partial charge in [-0.3, -0.25) is 0 Å². The van der Waals surface area contributed by atoms with E-state index in [2.05, 4.69) is 21.7 Å². The Balaban J connectivity index is 1.57. The second-order valence-electron chi connectivity index (χ2n) is 7.89. The molecule has 5 nitrogen and oxygen atoms in total. The van der Waals surface area contributed by atoms with Gasteiger partial charge in [-0.15, -0.1) is 0 Å². The third-order valence-electron chi connectivity index (χ3n) is 5.88. The van der Waals surface area contributed by atoms with Crippen molar-refractivity contribution in [1.29, 1.82) is 0 Å². The summed E-state index contributed by atoms with van der Waals surface area (Å²) in [5.41, 5.74) is 9.59. The first-order chi connectivity index (χ1) is 14.8. The minimum absolute atomic E-state index is 0.0885. The lowest BCUT2D eigenvalue weighted by molar-refractivity contribution is -0.141. The molecular formula is C23H21F3N4O. The fraction of sp³-hybridized carbons (Fsp3) is 0.261. The van der Waals surface area contributed by atoms with Crippen molar-refractivity contribution >= 4 is 17.2 Å². The van der Waals surface area contributed by atoms with Crippen molar-refractivity contribution in [3.63, 3.8) is 0 Å². The van der Waals surface area contributed by atoms with Gasteiger partial charge in [0.15, 0.2) is 0 Å². The van der Waals surface area contributed by atoms with Gasteiger partial charge >= 0.3 is 6.18 Å². The number of benzene rings is 2. The molecule has 8 heteroatoms. The number of ether oxygens (including phenoxy) is 1. The normalized spacial score (nSPS) is 22.4. The highest BCUT2D eigenvalue weighted by atomic mass is 19.4. The van der Waals surface area contributed by atoms with Crippen molar-refractivity contribution in [2.45, 2.75) is 37.4 Å². The summed E-state index contributed by atoms with van der Waals surface area (Å²) in [7, 11) is 0. The van der Waals surface area contributed by atoms with Crippen molar-refractivity contribution in [1.82, 2.24) is 4.98 Å². The van der Waals surface area contributed by atoms with Crippen molar-refractivity contribution < 1.29 is 17.9 Å². The van der Waals surface area contributed by atoms with Gasteiger partial charge in [-0.25, -0.2) is 4.98 Å². The number of halogens is 3. The number of nitrogens with one attached hydrogen (secondary N) is 2. The van der Waals surface area contributed by atoms with Gasteiger partial charge in [-0.05, 0) is 54.3 Å². The largest absolute Gasteiger partial charge is 0.433 e. The van der Waals surface area contributed by atoms with Gasteiger partial charge < -0.3 is 21.1 Å². The topological polar surface area (TPSA) is 72.2 Å². The number of nitrogens with zero attached hydrogens (tertiary/aromatic N) is 1. The van der Waals surface area contributed by atoms with Gasteiger partial charge in [0.1, 0.15) is 11.5 Å². The van der Waals surface area contributed by atoms with Crippen LogP contribution in [-0.4, -0.2) is 10.8 Å². The van der Waals surface area contributed by atoms with Crippen LogP contribution in [0.15, 0.2) is 60.7 Å². The van der Waals surface area contributed by atoms with E-state index in [4.69, 9.17) is 10.5 Å². The zero-order valence-electron chi connectivity index (χ0n) is 16.5. The average molecular weight is 426 g/mol. The maximum atomic E-state index is 13.2. The molecule has 0 bridgehead atoms. The van der Waals surface area contributed by atoms with Crippen LogP contribution in [0.1, 0.15) is 34.7 Å². The van der Waals surface area contributed by atoms with E-state index in [1.165, 1.54) is 17.7 Å². The van der Waals surface area contributed by atoms with E-state index in [0.717, 1.165) is 35.7 Å². The molecule has 2 atom stereocenters. The molecular weight excluding hydrogens is 405 g/mol. The van der Waals surface area contributed by atoms with Crippen LogP contribution < -0.4 is 16.4 Å². The Kier molecular flexibility index (Phi) is 4.55. The van der Waals surface area contributed by atoms with Crippen molar-refractivity contribution in [3.8, 4) is 0 Å². The SMILES string of the molecule is Nc1ccc2c(c1)CO[C@](Nc1cccc(C(F)(F)F)n1)(C1CCc3ccccc31)N2. The molecule has 1 aromatic heterocycles. The highest BCUT2D eigenvalue weighted by Crippen LogP contribution is 2.46. The highest BCUT2D eigenvalue weighted by Gasteiger charge is 2.47. The van der Waals surface area contributed by atoms with Gasteiger partial charge in [0, 0.05) is 16.9 Å². The van der Waals surface area contributed by atoms with E-state index in [0.29, 0.717) is 5.69 Å². The summed E-state index contributed by atoms with van der Waals surface area (Å²) in [5.74, 6) is -1.20. The average Bonchev–Trinajstić information content (AvgIpc) is 3.18. The lowest BCUT2D eigenvalue weighted by atomic mass is 9.93. The first kappa shape index (κ1) is 19.7. The molecule has 4 N–H and O–H groups in total. The molecule has 0 amide bonds. The van der Waals surface area contributed by atoms with Crippen LogP contribution in [0.2, 0.25) is 0 Å². The quantitative estimate of drug-likeness (QED) is 0.507. The third kappa shape index (κ3) is 3.57.